The molecule has 49 valence electrons. The first kappa shape index (κ1) is 7.92. The molecule has 0 aromatic carbocycles. The molecule has 0 bridgehead atoms. The molecule has 3 heteroatoms. The minimum Gasteiger partial charge on any atom is -0.393 e. The van der Waals surface area contributed by atoms with Crippen molar-refractivity contribution >= 4 is 12.2 Å². The second kappa shape index (κ2) is 5.06. The highest BCUT2D eigenvalue weighted by Gasteiger charge is 1.89. The van der Waals surface area contributed by atoms with Gasteiger partial charge in [-0.1, -0.05) is 0 Å². The second-order valence-corrected chi connectivity index (χ2v) is 1.63. The molecule has 0 saturated carbocycles. The van der Waals surface area contributed by atoms with Crippen molar-refractivity contribution < 1.29 is 9.59 Å². The Morgan fingerprint density at radius 3 is 2.56 bits per heavy atom. The van der Waals surface area contributed by atoms with Gasteiger partial charge >= 0.3 is 0 Å². The van der Waals surface area contributed by atoms with E-state index in [0.717, 1.165) is 0 Å². The summed E-state index contributed by atoms with van der Waals surface area (Å²) in [6.45, 7) is 0. The number of rotatable bonds is 4. The van der Waals surface area contributed by atoms with E-state index in [0.29, 0.717) is 19.3 Å². The molecular formula is C6H8NO2. The van der Waals surface area contributed by atoms with E-state index in [4.69, 9.17) is 5.73 Å². The van der Waals surface area contributed by atoms with Crippen LogP contribution in [0.25, 0.3) is 0 Å². The first-order valence-electron chi connectivity index (χ1n) is 2.65. The lowest BCUT2D eigenvalue weighted by Gasteiger charge is -1.89. The fraction of sp³-hybridized carbons (Fsp3) is 0.500. The minimum atomic E-state index is 0.172. The van der Waals surface area contributed by atoms with Crippen LogP contribution >= 0.6 is 0 Å². The molecule has 0 unspecified atom stereocenters. The third kappa shape index (κ3) is 4.78. The predicted molar refractivity (Wildman–Crippen MR) is 32.9 cm³/mol. The average molecular weight is 126 g/mol. The van der Waals surface area contributed by atoms with Gasteiger partial charge in [0.05, 0.1) is 5.70 Å². The molecule has 3 nitrogen and oxygen atoms in total. The molecule has 0 spiro atoms. The van der Waals surface area contributed by atoms with Crippen molar-refractivity contribution in [3.8, 4) is 0 Å². The minimum absolute atomic E-state index is 0.172. The third-order valence-corrected chi connectivity index (χ3v) is 0.856. The van der Waals surface area contributed by atoms with E-state index in [1.807, 2.05) is 0 Å². The first-order chi connectivity index (χ1) is 4.31. The molecule has 0 rings (SSSR count). The number of hydrogen-bond donors (Lipinski definition) is 1. The quantitative estimate of drug-likeness (QED) is 0.424. The van der Waals surface area contributed by atoms with Gasteiger partial charge in [-0.15, -0.1) is 0 Å². The van der Waals surface area contributed by atoms with Crippen molar-refractivity contribution in [3.05, 3.63) is 5.70 Å². The number of unbranched alkanes of at least 4 members (excludes halogenated alkanes) is 1. The Labute approximate surface area is 53.5 Å². The van der Waals surface area contributed by atoms with Crippen LogP contribution in [0, 0.1) is 0 Å². The van der Waals surface area contributed by atoms with Crippen LogP contribution in [-0.2, 0) is 9.59 Å². The summed E-state index contributed by atoms with van der Waals surface area (Å²) in [4.78, 5) is 19.3. The van der Waals surface area contributed by atoms with Crippen molar-refractivity contribution in [2.75, 3.05) is 0 Å². The van der Waals surface area contributed by atoms with Gasteiger partial charge in [0.1, 0.15) is 5.94 Å². The van der Waals surface area contributed by atoms with E-state index in [2.05, 4.69) is 0 Å². The number of allylic oxidation sites excluding steroid dienone is 1. The highest BCUT2D eigenvalue weighted by Crippen LogP contribution is 1.95. The topological polar surface area (TPSA) is 60.2 Å². The summed E-state index contributed by atoms with van der Waals surface area (Å²) in [5.41, 5.74) is 5.25. The molecule has 0 aromatic heterocycles. The van der Waals surface area contributed by atoms with E-state index in [1.165, 1.54) is 5.94 Å². The lowest BCUT2D eigenvalue weighted by molar-refractivity contribution is 0.547. The van der Waals surface area contributed by atoms with E-state index in [-0.39, 0.29) is 5.70 Å². The zero-order valence-corrected chi connectivity index (χ0v) is 5.02. The summed E-state index contributed by atoms with van der Waals surface area (Å²) in [5, 5.41) is 0. The molecule has 0 fully saturated rings. The highest BCUT2D eigenvalue weighted by atomic mass is 16.1. The SMILES string of the molecule is NC(=C=O)CCC[C]=O. The molecule has 0 atom stereocenters. The van der Waals surface area contributed by atoms with Gasteiger partial charge in [0.15, 0.2) is 6.29 Å². The molecule has 0 aromatic rings. The molecule has 0 aliphatic carbocycles. The Bertz CT molecular complexity index is 136. The predicted octanol–water partition coefficient (Wildman–Crippen LogP) is -0.0594. The average Bonchev–Trinajstić information content (AvgIpc) is 1.89. The maximum Gasteiger partial charge on any atom is 0.198 e. The van der Waals surface area contributed by atoms with Gasteiger partial charge in [-0.3, -0.25) is 4.79 Å². The molecule has 9 heavy (non-hydrogen) atoms. The van der Waals surface area contributed by atoms with Gasteiger partial charge in [0.2, 0.25) is 0 Å². The molecule has 2 N–H and O–H groups in total. The van der Waals surface area contributed by atoms with Gasteiger partial charge in [0, 0.05) is 6.42 Å². The molecule has 0 saturated heterocycles. The zero-order valence-electron chi connectivity index (χ0n) is 5.02. The molecular weight excluding hydrogens is 118 g/mol. The lowest BCUT2D eigenvalue weighted by Crippen LogP contribution is -1.97. The third-order valence-electron chi connectivity index (χ3n) is 0.856. The van der Waals surface area contributed by atoms with Crippen LogP contribution in [0.15, 0.2) is 5.70 Å². The maximum absolute atomic E-state index is 9.71. The smallest absolute Gasteiger partial charge is 0.198 e. The van der Waals surface area contributed by atoms with Crippen LogP contribution in [0.4, 0.5) is 0 Å². The highest BCUT2D eigenvalue weighted by molar-refractivity contribution is 5.52. The Hall–Kier alpha value is -1.08. The number of carbonyl (C=O) groups excluding carboxylic acids is 2. The fourth-order valence-electron chi connectivity index (χ4n) is 0.402. The van der Waals surface area contributed by atoms with Crippen LogP contribution in [0.2, 0.25) is 0 Å². The summed E-state index contributed by atoms with van der Waals surface area (Å²) >= 11 is 0. The first-order valence-corrected chi connectivity index (χ1v) is 2.65. The van der Waals surface area contributed by atoms with Gasteiger partial charge in [-0.25, -0.2) is 4.79 Å². The Morgan fingerprint density at radius 2 is 2.11 bits per heavy atom. The lowest BCUT2D eigenvalue weighted by atomic mass is 10.2. The van der Waals surface area contributed by atoms with E-state index < -0.39 is 0 Å². The maximum atomic E-state index is 9.71. The van der Waals surface area contributed by atoms with Crippen LogP contribution in [0.5, 0.6) is 0 Å². The summed E-state index contributed by atoms with van der Waals surface area (Å²) in [7, 11) is 0. The van der Waals surface area contributed by atoms with E-state index in [9.17, 15) is 9.59 Å². The Balaban J connectivity index is 3.27. The molecule has 1 radical (unpaired) electrons. The summed E-state index contributed by atoms with van der Waals surface area (Å²) in [6, 6.07) is 0. The summed E-state index contributed by atoms with van der Waals surface area (Å²) in [5.74, 6) is 1.54. The van der Waals surface area contributed by atoms with Crippen molar-refractivity contribution in [2.45, 2.75) is 19.3 Å². The number of nitrogens with two attached hydrogens (primary N) is 1. The Morgan fingerprint density at radius 1 is 1.44 bits per heavy atom. The van der Waals surface area contributed by atoms with Gasteiger partial charge < -0.3 is 5.73 Å². The van der Waals surface area contributed by atoms with E-state index >= 15 is 0 Å². The van der Waals surface area contributed by atoms with Crippen LogP contribution in [0.3, 0.4) is 0 Å². The van der Waals surface area contributed by atoms with Crippen LogP contribution in [-0.4, -0.2) is 12.2 Å². The number of hydrogen-bond acceptors (Lipinski definition) is 3. The second-order valence-electron chi connectivity index (χ2n) is 1.63. The van der Waals surface area contributed by atoms with Gasteiger partial charge in [-0.2, -0.15) is 0 Å². The van der Waals surface area contributed by atoms with Crippen molar-refractivity contribution in [1.29, 1.82) is 0 Å². The largest absolute Gasteiger partial charge is 0.393 e. The molecule has 0 heterocycles. The normalized spacial score (nSPS) is 8.00. The van der Waals surface area contributed by atoms with Crippen molar-refractivity contribution in [3.63, 3.8) is 0 Å². The van der Waals surface area contributed by atoms with Crippen LogP contribution < -0.4 is 5.73 Å². The molecule has 0 aliphatic heterocycles. The summed E-state index contributed by atoms with van der Waals surface area (Å²) in [6.07, 6.45) is 3.07. The zero-order chi connectivity index (χ0) is 7.11. The Kier molecular flexibility index (Phi) is 4.46. The molecule has 0 amide bonds. The van der Waals surface area contributed by atoms with Gasteiger partial charge in [-0.05, 0) is 12.8 Å². The van der Waals surface area contributed by atoms with E-state index in [1.54, 1.807) is 6.29 Å². The van der Waals surface area contributed by atoms with Crippen molar-refractivity contribution in [2.24, 2.45) is 5.73 Å². The van der Waals surface area contributed by atoms with Crippen LogP contribution in [0.1, 0.15) is 19.3 Å². The van der Waals surface area contributed by atoms with Gasteiger partial charge in [0.25, 0.3) is 0 Å². The molecule has 0 aliphatic rings. The van der Waals surface area contributed by atoms with Crippen molar-refractivity contribution in [1.82, 2.24) is 0 Å². The standard InChI is InChI=1S/C6H8NO2/c7-6(5-9)3-1-2-4-8/h1-3,7H2. The fourth-order valence-corrected chi connectivity index (χ4v) is 0.402. The monoisotopic (exact) mass is 126 g/mol. The summed E-state index contributed by atoms with van der Waals surface area (Å²) < 4.78 is 0.